The molecule has 0 saturated heterocycles. The largest absolute Gasteiger partial charge is 0.497 e. The Hall–Kier alpha value is -2.00. The number of ether oxygens (including phenoxy) is 2. The van der Waals surface area contributed by atoms with Crippen LogP contribution in [-0.4, -0.2) is 7.11 Å². The second-order valence-corrected chi connectivity index (χ2v) is 5.15. The summed E-state index contributed by atoms with van der Waals surface area (Å²) in [5, 5.41) is 0. The summed E-state index contributed by atoms with van der Waals surface area (Å²) in [6.45, 7) is 0.544. The van der Waals surface area contributed by atoms with Crippen molar-refractivity contribution < 1.29 is 9.47 Å². The fourth-order valence-electron chi connectivity index (χ4n) is 2.65. The van der Waals surface area contributed by atoms with Gasteiger partial charge in [0, 0.05) is 6.04 Å². The van der Waals surface area contributed by atoms with Crippen molar-refractivity contribution in [3.63, 3.8) is 0 Å². The van der Waals surface area contributed by atoms with E-state index in [2.05, 4.69) is 12.1 Å². The molecular weight excluding hydrogens is 250 g/mol. The zero-order valence-electron chi connectivity index (χ0n) is 11.6. The molecule has 0 fully saturated rings. The van der Waals surface area contributed by atoms with Gasteiger partial charge in [0.25, 0.3) is 0 Å². The van der Waals surface area contributed by atoms with Crippen LogP contribution in [-0.2, 0) is 13.0 Å². The van der Waals surface area contributed by atoms with Gasteiger partial charge in [-0.3, -0.25) is 0 Å². The van der Waals surface area contributed by atoms with Crippen LogP contribution >= 0.6 is 0 Å². The molecule has 104 valence electrons. The third-order valence-electron chi connectivity index (χ3n) is 3.78. The molecule has 20 heavy (non-hydrogen) atoms. The van der Waals surface area contributed by atoms with E-state index in [9.17, 15) is 0 Å². The molecule has 2 aromatic rings. The van der Waals surface area contributed by atoms with Crippen LogP contribution in [0.25, 0.3) is 0 Å². The lowest BCUT2D eigenvalue weighted by Gasteiger charge is -2.10. The van der Waals surface area contributed by atoms with Crippen LogP contribution < -0.4 is 15.2 Å². The Kier molecular flexibility index (Phi) is 3.61. The quantitative estimate of drug-likeness (QED) is 0.927. The molecule has 0 bridgehead atoms. The number of nitrogens with two attached hydrogens (primary N) is 1. The molecule has 1 atom stereocenters. The first kappa shape index (κ1) is 13.0. The van der Waals surface area contributed by atoms with Crippen molar-refractivity contribution in [3.05, 3.63) is 59.2 Å². The monoisotopic (exact) mass is 269 g/mol. The Morgan fingerprint density at radius 2 is 2.05 bits per heavy atom. The van der Waals surface area contributed by atoms with Crippen molar-refractivity contribution in [1.82, 2.24) is 0 Å². The molecule has 0 saturated carbocycles. The Labute approximate surface area is 119 Å². The van der Waals surface area contributed by atoms with Crippen LogP contribution in [0.1, 0.15) is 29.2 Å². The highest BCUT2D eigenvalue weighted by molar-refractivity contribution is 5.40. The van der Waals surface area contributed by atoms with Gasteiger partial charge in [0.1, 0.15) is 18.1 Å². The molecule has 0 radical (unpaired) electrons. The van der Waals surface area contributed by atoms with Crippen molar-refractivity contribution in [1.29, 1.82) is 0 Å². The fraction of sp³-hybridized carbons (Fsp3) is 0.294. The van der Waals surface area contributed by atoms with Crippen LogP contribution in [0.4, 0.5) is 0 Å². The molecule has 0 heterocycles. The van der Waals surface area contributed by atoms with Crippen LogP contribution in [0.2, 0.25) is 0 Å². The van der Waals surface area contributed by atoms with E-state index < -0.39 is 0 Å². The highest BCUT2D eigenvalue weighted by Gasteiger charge is 2.18. The number of hydrogen-bond acceptors (Lipinski definition) is 3. The maximum absolute atomic E-state index is 6.04. The molecule has 3 rings (SSSR count). The van der Waals surface area contributed by atoms with E-state index in [4.69, 9.17) is 15.2 Å². The first-order valence-electron chi connectivity index (χ1n) is 6.90. The summed E-state index contributed by atoms with van der Waals surface area (Å²) < 4.78 is 11.1. The van der Waals surface area contributed by atoms with E-state index in [1.807, 2.05) is 30.3 Å². The summed E-state index contributed by atoms with van der Waals surface area (Å²) in [6.07, 6.45) is 2.08. The highest BCUT2D eigenvalue weighted by atomic mass is 16.5. The SMILES string of the molecule is COc1cccc(COc2ccc3c(c2)CC[C@H]3N)c1. The lowest BCUT2D eigenvalue weighted by atomic mass is 10.1. The Balaban J connectivity index is 1.69. The lowest BCUT2D eigenvalue weighted by Crippen LogP contribution is -2.05. The minimum Gasteiger partial charge on any atom is -0.497 e. The molecule has 2 aromatic carbocycles. The fourth-order valence-corrected chi connectivity index (χ4v) is 2.65. The second-order valence-electron chi connectivity index (χ2n) is 5.15. The first-order chi connectivity index (χ1) is 9.76. The molecule has 3 nitrogen and oxygen atoms in total. The summed E-state index contributed by atoms with van der Waals surface area (Å²) >= 11 is 0. The van der Waals surface area contributed by atoms with Gasteiger partial charge < -0.3 is 15.2 Å². The summed E-state index contributed by atoms with van der Waals surface area (Å²) in [7, 11) is 1.67. The highest BCUT2D eigenvalue weighted by Crippen LogP contribution is 2.32. The van der Waals surface area contributed by atoms with Crippen LogP contribution in [0.15, 0.2) is 42.5 Å². The van der Waals surface area contributed by atoms with Gasteiger partial charge in [-0.1, -0.05) is 18.2 Å². The van der Waals surface area contributed by atoms with Crippen LogP contribution in [0.3, 0.4) is 0 Å². The van der Waals surface area contributed by atoms with Crippen molar-refractivity contribution >= 4 is 0 Å². The predicted molar refractivity (Wildman–Crippen MR) is 79.0 cm³/mol. The zero-order valence-corrected chi connectivity index (χ0v) is 11.6. The third-order valence-corrected chi connectivity index (χ3v) is 3.78. The zero-order chi connectivity index (χ0) is 13.9. The number of fused-ring (bicyclic) bond motifs is 1. The van der Waals surface area contributed by atoms with Gasteiger partial charge in [-0.25, -0.2) is 0 Å². The summed E-state index contributed by atoms with van der Waals surface area (Å²) in [5.74, 6) is 1.76. The minimum atomic E-state index is 0.192. The lowest BCUT2D eigenvalue weighted by molar-refractivity contribution is 0.305. The third kappa shape index (κ3) is 2.63. The van der Waals surface area contributed by atoms with E-state index in [0.717, 1.165) is 29.9 Å². The van der Waals surface area contributed by atoms with Crippen LogP contribution in [0, 0.1) is 0 Å². The van der Waals surface area contributed by atoms with E-state index in [1.54, 1.807) is 7.11 Å². The van der Waals surface area contributed by atoms with E-state index in [0.29, 0.717) is 6.61 Å². The molecule has 0 unspecified atom stereocenters. The van der Waals surface area contributed by atoms with Crippen LogP contribution in [0.5, 0.6) is 11.5 Å². The number of hydrogen-bond donors (Lipinski definition) is 1. The average Bonchev–Trinajstić information content (AvgIpc) is 2.86. The molecule has 0 aromatic heterocycles. The molecular formula is C17H19NO2. The Morgan fingerprint density at radius 1 is 1.15 bits per heavy atom. The van der Waals surface area contributed by atoms with Crippen molar-refractivity contribution in [3.8, 4) is 11.5 Å². The minimum absolute atomic E-state index is 0.192. The smallest absolute Gasteiger partial charge is 0.120 e. The normalized spacial score (nSPS) is 16.8. The van der Waals surface area contributed by atoms with Gasteiger partial charge in [0.05, 0.1) is 7.11 Å². The Bertz CT molecular complexity index is 610. The van der Waals surface area contributed by atoms with E-state index >= 15 is 0 Å². The van der Waals surface area contributed by atoms with Gasteiger partial charge in [-0.15, -0.1) is 0 Å². The second kappa shape index (κ2) is 5.55. The topological polar surface area (TPSA) is 44.5 Å². The molecule has 0 amide bonds. The molecule has 1 aliphatic carbocycles. The molecule has 1 aliphatic rings. The number of benzene rings is 2. The van der Waals surface area contributed by atoms with Crippen molar-refractivity contribution in [2.45, 2.75) is 25.5 Å². The Morgan fingerprint density at radius 3 is 2.90 bits per heavy atom. The van der Waals surface area contributed by atoms with Crippen molar-refractivity contribution in [2.75, 3.05) is 7.11 Å². The van der Waals surface area contributed by atoms with Gasteiger partial charge >= 0.3 is 0 Å². The maximum Gasteiger partial charge on any atom is 0.120 e. The van der Waals surface area contributed by atoms with Gasteiger partial charge in [-0.05, 0) is 53.8 Å². The van der Waals surface area contributed by atoms with E-state index in [-0.39, 0.29) is 6.04 Å². The summed E-state index contributed by atoms with van der Waals surface area (Å²) in [5.41, 5.74) is 9.72. The van der Waals surface area contributed by atoms with Gasteiger partial charge in [0.15, 0.2) is 0 Å². The van der Waals surface area contributed by atoms with Gasteiger partial charge in [-0.2, -0.15) is 0 Å². The number of rotatable bonds is 4. The average molecular weight is 269 g/mol. The molecule has 2 N–H and O–H groups in total. The van der Waals surface area contributed by atoms with Gasteiger partial charge in [0.2, 0.25) is 0 Å². The number of aryl methyl sites for hydroxylation is 1. The maximum atomic E-state index is 6.04. The number of methoxy groups -OCH3 is 1. The molecule has 3 heteroatoms. The summed E-state index contributed by atoms with van der Waals surface area (Å²) in [4.78, 5) is 0. The first-order valence-corrected chi connectivity index (χ1v) is 6.90. The molecule has 0 aliphatic heterocycles. The standard InChI is InChI=1S/C17H19NO2/c1-19-14-4-2-3-12(9-14)11-20-15-6-7-16-13(10-15)5-8-17(16)18/h2-4,6-7,9-10,17H,5,8,11,18H2,1H3/t17-/m1/s1. The van der Waals surface area contributed by atoms with Crippen molar-refractivity contribution in [2.24, 2.45) is 5.73 Å². The van der Waals surface area contributed by atoms with E-state index in [1.165, 1.54) is 11.1 Å². The molecule has 0 spiro atoms. The summed E-state index contributed by atoms with van der Waals surface area (Å²) in [6, 6.07) is 14.3. The predicted octanol–water partition coefficient (Wildman–Crippen LogP) is 3.22.